The molecule has 15 heavy (non-hydrogen) atoms. The second kappa shape index (κ2) is 3.57. The molecular weight excluding hydrogens is 188 g/mol. The Bertz CT molecular complexity index is 486. The van der Waals surface area contributed by atoms with Gasteiger partial charge in [-0.2, -0.15) is 5.10 Å². The van der Waals surface area contributed by atoms with Crippen LogP contribution in [0.3, 0.4) is 0 Å². The van der Waals surface area contributed by atoms with Gasteiger partial charge in [0.05, 0.1) is 5.52 Å². The molecule has 3 nitrogen and oxygen atoms in total. The molecule has 0 aliphatic heterocycles. The van der Waals surface area contributed by atoms with Crippen LogP contribution in [0, 0.1) is 5.92 Å². The van der Waals surface area contributed by atoms with Crippen LogP contribution in [0.2, 0.25) is 0 Å². The van der Waals surface area contributed by atoms with Crippen molar-refractivity contribution in [2.24, 2.45) is 13.0 Å². The van der Waals surface area contributed by atoms with Gasteiger partial charge in [0, 0.05) is 18.1 Å². The van der Waals surface area contributed by atoms with Crippen molar-refractivity contribution in [1.29, 1.82) is 0 Å². The van der Waals surface area contributed by atoms with E-state index in [2.05, 4.69) is 18.9 Å². The van der Waals surface area contributed by atoms with Crippen molar-refractivity contribution in [3.63, 3.8) is 0 Å². The van der Waals surface area contributed by atoms with E-state index in [1.807, 2.05) is 17.8 Å². The summed E-state index contributed by atoms with van der Waals surface area (Å²) in [6.07, 6.45) is 0.983. The van der Waals surface area contributed by atoms with E-state index in [1.54, 1.807) is 12.1 Å². The van der Waals surface area contributed by atoms with Gasteiger partial charge in [0.1, 0.15) is 5.75 Å². The van der Waals surface area contributed by atoms with Crippen molar-refractivity contribution in [2.45, 2.75) is 20.3 Å². The van der Waals surface area contributed by atoms with Crippen LogP contribution < -0.4 is 0 Å². The number of phenolic OH excluding ortho intramolecular Hbond substituents is 1. The molecule has 0 spiro atoms. The Balaban J connectivity index is 2.60. The van der Waals surface area contributed by atoms with E-state index in [0.29, 0.717) is 11.7 Å². The maximum absolute atomic E-state index is 9.46. The van der Waals surface area contributed by atoms with Crippen LogP contribution in [0.25, 0.3) is 10.9 Å². The Morgan fingerprint density at radius 2 is 2.13 bits per heavy atom. The predicted octanol–water partition coefficient (Wildman–Crippen LogP) is 2.48. The number of hydrogen-bond donors (Lipinski definition) is 1. The van der Waals surface area contributed by atoms with E-state index in [-0.39, 0.29) is 0 Å². The van der Waals surface area contributed by atoms with Gasteiger partial charge in [-0.05, 0) is 30.5 Å². The average Bonchev–Trinajstić information content (AvgIpc) is 2.43. The highest BCUT2D eigenvalue weighted by molar-refractivity contribution is 5.83. The van der Waals surface area contributed by atoms with E-state index in [4.69, 9.17) is 0 Å². The van der Waals surface area contributed by atoms with Crippen molar-refractivity contribution in [3.05, 3.63) is 23.9 Å². The molecule has 0 saturated heterocycles. The fraction of sp³-hybridized carbons (Fsp3) is 0.417. The predicted molar refractivity (Wildman–Crippen MR) is 60.9 cm³/mol. The second-order valence-corrected chi connectivity index (χ2v) is 4.37. The van der Waals surface area contributed by atoms with Gasteiger partial charge < -0.3 is 5.11 Å². The summed E-state index contributed by atoms with van der Waals surface area (Å²) in [5.74, 6) is 0.895. The van der Waals surface area contributed by atoms with Gasteiger partial charge in [-0.25, -0.2) is 0 Å². The van der Waals surface area contributed by atoms with Gasteiger partial charge in [0.25, 0.3) is 0 Å². The number of benzene rings is 1. The number of aromatic nitrogens is 2. The van der Waals surface area contributed by atoms with Gasteiger partial charge >= 0.3 is 0 Å². The van der Waals surface area contributed by atoms with Gasteiger partial charge in [0.2, 0.25) is 0 Å². The highest BCUT2D eigenvalue weighted by Crippen LogP contribution is 2.24. The first-order valence-electron chi connectivity index (χ1n) is 5.22. The van der Waals surface area contributed by atoms with Crippen LogP contribution in [0.1, 0.15) is 19.5 Å². The molecule has 0 atom stereocenters. The molecular formula is C12H16N2O. The van der Waals surface area contributed by atoms with Gasteiger partial charge in [-0.3, -0.25) is 4.68 Å². The van der Waals surface area contributed by atoms with Crippen molar-refractivity contribution in [2.75, 3.05) is 0 Å². The quantitative estimate of drug-likeness (QED) is 0.816. The largest absolute Gasteiger partial charge is 0.508 e. The van der Waals surface area contributed by atoms with Gasteiger partial charge in [-0.1, -0.05) is 13.8 Å². The molecule has 0 saturated carbocycles. The maximum atomic E-state index is 9.46. The summed E-state index contributed by atoms with van der Waals surface area (Å²) in [5, 5.41) is 14.9. The highest BCUT2D eigenvalue weighted by atomic mass is 16.3. The number of aromatic hydroxyl groups is 1. The topological polar surface area (TPSA) is 38.1 Å². The summed E-state index contributed by atoms with van der Waals surface area (Å²) < 4.78 is 1.91. The fourth-order valence-corrected chi connectivity index (χ4v) is 1.87. The van der Waals surface area contributed by atoms with E-state index in [9.17, 15) is 5.11 Å². The molecule has 1 N–H and O–H groups in total. The summed E-state index contributed by atoms with van der Waals surface area (Å²) in [6.45, 7) is 4.36. The monoisotopic (exact) mass is 204 g/mol. The zero-order chi connectivity index (χ0) is 11.0. The summed E-state index contributed by atoms with van der Waals surface area (Å²) in [7, 11) is 1.95. The Hall–Kier alpha value is -1.51. The standard InChI is InChI=1S/C12H16N2O/c1-8(2)6-12-10-7-9(15)4-5-11(10)13-14(12)3/h4-5,7-8,15H,6H2,1-3H3. The highest BCUT2D eigenvalue weighted by Gasteiger charge is 2.10. The summed E-state index contributed by atoms with van der Waals surface area (Å²) >= 11 is 0. The molecule has 0 radical (unpaired) electrons. The lowest BCUT2D eigenvalue weighted by Gasteiger charge is -2.05. The maximum Gasteiger partial charge on any atom is 0.116 e. The average molecular weight is 204 g/mol. The summed E-state index contributed by atoms with van der Waals surface area (Å²) in [5.41, 5.74) is 2.14. The minimum absolute atomic E-state index is 0.306. The van der Waals surface area contributed by atoms with E-state index < -0.39 is 0 Å². The van der Waals surface area contributed by atoms with E-state index in [1.165, 1.54) is 5.69 Å². The molecule has 80 valence electrons. The first-order valence-corrected chi connectivity index (χ1v) is 5.22. The Labute approximate surface area is 89.3 Å². The smallest absolute Gasteiger partial charge is 0.116 e. The molecule has 0 amide bonds. The van der Waals surface area contributed by atoms with Gasteiger partial charge in [0.15, 0.2) is 0 Å². The third-order valence-corrected chi connectivity index (χ3v) is 2.54. The lowest BCUT2D eigenvalue weighted by atomic mass is 10.0. The van der Waals surface area contributed by atoms with E-state index >= 15 is 0 Å². The van der Waals surface area contributed by atoms with Crippen LogP contribution in [0.5, 0.6) is 5.75 Å². The van der Waals surface area contributed by atoms with Crippen LogP contribution in [0.15, 0.2) is 18.2 Å². The van der Waals surface area contributed by atoms with E-state index in [0.717, 1.165) is 17.3 Å². The lowest BCUT2D eigenvalue weighted by Crippen LogP contribution is -2.02. The number of rotatable bonds is 2. The third-order valence-electron chi connectivity index (χ3n) is 2.54. The minimum Gasteiger partial charge on any atom is -0.508 e. The normalized spacial score (nSPS) is 11.5. The molecule has 0 aliphatic rings. The SMILES string of the molecule is CC(C)Cc1c2cc(O)ccc2nn1C. The molecule has 3 heteroatoms. The first kappa shape index (κ1) is 10.0. The first-order chi connectivity index (χ1) is 7.08. The Morgan fingerprint density at radius 3 is 2.80 bits per heavy atom. The molecule has 2 aromatic rings. The Morgan fingerprint density at radius 1 is 1.40 bits per heavy atom. The van der Waals surface area contributed by atoms with Crippen molar-refractivity contribution >= 4 is 10.9 Å². The lowest BCUT2D eigenvalue weighted by molar-refractivity contribution is 0.476. The molecule has 0 aliphatic carbocycles. The fourth-order valence-electron chi connectivity index (χ4n) is 1.87. The number of phenols is 1. The molecule has 2 rings (SSSR count). The Kier molecular flexibility index (Phi) is 2.39. The van der Waals surface area contributed by atoms with Crippen LogP contribution >= 0.6 is 0 Å². The van der Waals surface area contributed by atoms with Crippen LogP contribution in [-0.4, -0.2) is 14.9 Å². The zero-order valence-electron chi connectivity index (χ0n) is 9.36. The van der Waals surface area contributed by atoms with Crippen LogP contribution in [0.4, 0.5) is 0 Å². The van der Waals surface area contributed by atoms with Crippen molar-refractivity contribution < 1.29 is 5.11 Å². The molecule has 1 heterocycles. The zero-order valence-corrected chi connectivity index (χ0v) is 9.36. The molecule has 0 unspecified atom stereocenters. The number of hydrogen-bond acceptors (Lipinski definition) is 2. The third kappa shape index (κ3) is 1.82. The second-order valence-electron chi connectivity index (χ2n) is 4.37. The van der Waals surface area contributed by atoms with Crippen molar-refractivity contribution in [3.8, 4) is 5.75 Å². The molecule has 1 aromatic heterocycles. The minimum atomic E-state index is 0.306. The summed E-state index contributed by atoms with van der Waals surface area (Å²) in [4.78, 5) is 0. The molecule has 1 aromatic carbocycles. The number of fused-ring (bicyclic) bond motifs is 1. The molecule has 0 bridgehead atoms. The number of nitrogens with zero attached hydrogens (tertiary/aromatic N) is 2. The summed E-state index contributed by atoms with van der Waals surface area (Å²) in [6, 6.07) is 5.32. The van der Waals surface area contributed by atoms with Crippen molar-refractivity contribution in [1.82, 2.24) is 9.78 Å². The number of aryl methyl sites for hydroxylation is 1. The molecule has 0 fully saturated rings. The van der Waals surface area contributed by atoms with Crippen LogP contribution in [-0.2, 0) is 13.5 Å². The van der Waals surface area contributed by atoms with Gasteiger partial charge in [-0.15, -0.1) is 0 Å².